The molecule has 0 radical (unpaired) electrons. The number of hydrogen-bond donors (Lipinski definition) is 1. The van der Waals surface area contributed by atoms with Gasteiger partial charge in [0, 0.05) is 29.1 Å². The Balaban J connectivity index is 2.10. The highest BCUT2D eigenvalue weighted by Crippen LogP contribution is 2.26. The van der Waals surface area contributed by atoms with Gasteiger partial charge in [-0.15, -0.1) is 11.8 Å². The van der Waals surface area contributed by atoms with Crippen molar-refractivity contribution < 1.29 is 0 Å². The van der Waals surface area contributed by atoms with E-state index >= 15 is 0 Å². The summed E-state index contributed by atoms with van der Waals surface area (Å²) in [5.41, 5.74) is 4.05. The molecule has 19 heavy (non-hydrogen) atoms. The molecule has 2 rings (SSSR count). The van der Waals surface area contributed by atoms with Crippen molar-refractivity contribution in [3.63, 3.8) is 0 Å². The van der Waals surface area contributed by atoms with Crippen LogP contribution in [0.4, 0.5) is 0 Å². The summed E-state index contributed by atoms with van der Waals surface area (Å²) in [5.74, 6) is 1.02. The first kappa shape index (κ1) is 14.1. The molecular formula is C16H20N2S. The Morgan fingerprint density at radius 2 is 1.89 bits per heavy atom. The van der Waals surface area contributed by atoms with Gasteiger partial charge >= 0.3 is 0 Å². The first-order valence-electron chi connectivity index (χ1n) is 6.48. The predicted octanol–water partition coefficient (Wildman–Crippen LogP) is 3.75. The van der Waals surface area contributed by atoms with Crippen LogP contribution < -0.4 is 5.32 Å². The van der Waals surface area contributed by atoms with Crippen molar-refractivity contribution in [1.29, 1.82) is 0 Å². The maximum atomic E-state index is 4.05. The number of benzene rings is 1. The maximum absolute atomic E-state index is 4.05. The SMILES string of the molecule is CNC(CSc1ccncc1)c1cc(C)ccc1C. The molecule has 0 saturated carbocycles. The normalized spacial score (nSPS) is 12.4. The van der Waals surface area contributed by atoms with Gasteiger partial charge in [-0.2, -0.15) is 0 Å². The molecule has 0 aliphatic heterocycles. The number of aromatic nitrogens is 1. The summed E-state index contributed by atoms with van der Waals surface area (Å²) in [6.45, 7) is 4.32. The van der Waals surface area contributed by atoms with E-state index in [1.54, 1.807) is 0 Å². The van der Waals surface area contributed by atoms with Crippen LogP contribution in [0.15, 0.2) is 47.6 Å². The lowest BCUT2D eigenvalue weighted by Gasteiger charge is -2.19. The van der Waals surface area contributed by atoms with E-state index in [1.165, 1.54) is 21.6 Å². The van der Waals surface area contributed by atoms with Crippen molar-refractivity contribution in [2.24, 2.45) is 0 Å². The van der Waals surface area contributed by atoms with E-state index in [-0.39, 0.29) is 0 Å². The number of aryl methyl sites for hydroxylation is 2. The van der Waals surface area contributed by atoms with Crippen molar-refractivity contribution in [3.05, 3.63) is 59.4 Å². The third kappa shape index (κ3) is 3.82. The lowest BCUT2D eigenvalue weighted by molar-refractivity contribution is 0.657. The molecule has 1 unspecified atom stereocenters. The lowest BCUT2D eigenvalue weighted by atomic mass is 10.0. The number of pyridine rings is 1. The Kier molecular flexibility index (Phi) is 5.00. The minimum atomic E-state index is 0.373. The Morgan fingerprint density at radius 1 is 1.16 bits per heavy atom. The Bertz CT molecular complexity index is 526. The van der Waals surface area contributed by atoms with Gasteiger partial charge in [-0.1, -0.05) is 23.8 Å². The Labute approximate surface area is 119 Å². The highest BCUT2D eigenvalue weighted by Gasteiger charge is 2.12. The summed E-state index contributed by atoms with van der Waals surface area (Å²) in [4.78, 5) is 5.31. The predicted molar refractivity (Wildman–Crippen MR) is 82.7 cm³/mol. The Morgan fingerprint density at radius 3 is 2.58 bits per heavy atom. The summed E-state index contributed by atoms with van der Waals surface area (Å²) in [7, 11) is 2.03. The molecular weight excluding hydrogens is 252 g/mol. The van der Waals surface area contributed by atoms with Crippen molar-refractivity contribution in [2.45, 2.75) is 24.8 Å². The molecule has 0 fully saturated rings. The molecule has 0 aliphatic carbocycles. The van der Waals surface area contributed by atoms with Crippen LogP contribution in [0.2, 0.25) is 0 Å². The van der Waals surface area contributed by atoms with Gasteiger partial charge in [-0.25, -0.2) is 0 Å². The number of rotatable bonds is 5. The summed E-state index contributed by atoms with van der Waals surface area (Å²) in [5, 5.41) is 3.42. The van der Waals surface area contributed by atoms with E-state index in [4.69, 9.17) is 0 Å². The van der Waals surface area contributed by atoms with Gasteiger partial charge in [0.2, 0.25) is 0 Å². The van der Waals surface area contributed by atoms with Gasteiger partial charge in [0.15, 0.2) is 0 Å². The zero-order valence-electron chi connectivity index (χ0n) is 11.7. The summed E-state index contributed by atoms with van der Waals surface area (Å²) < 4.78 is 0. The average Bonchev–Trinajstić information content (AvgIpc) is 2.44. The van der Waals surface area contributed by atoms with Gasteiger partial charge in [-0.3, -0.25) is 4.98 Å². The van der Waals surface area contributed by atoms with Gasteiger partial charge in [0.05, 0.1) is 0 Å². The second kappa shape index (κ2) is 6.73. The van der Waals surface area contributed by atoms with Crippen LogP contribution in [0.5, 0.6) is 0 Å². The van der Waals surface area contributed by atoms with Crippen LogP contribution in [0.1, 0.15) is 22.7 Å². The molecule has 1 atom stereocenters. The first-order chi connectivity index (χ1) is 9.20. The van der Waals surface area contributed by atoms with E-state index in [0.717, 1.165) is 5.75 Å². The van der Waals surface area contributed by atoms with Crippen LogP contribution in [-0.2, 0) is 0 Å². The van der Waals surface area contributed by atoms with E-state index in [2.05, 4.69) is 54.5 Å². The molecule has 0 saturated heterocycles. The molecule has 2 aromatic rings. The van der Waals surface area contributed by atoms with Gasteiger partial charge in [0.25, 0.3) is 0 Å². The molecule has 1 heterocycles. The molecule has 1 aromatic carbocycles. The summed E-state index contributed by atoms with van der Waals surface area (Å²) in [6.07, 6.45) is 3.68. The average molecular weight is 272 g/mol. The molecule has 0 spiro atoms. The number of hydrogen-bond acceptors (Lipinski definition) is 3. The standard InChI is InChI=1S/C16H20N2S/c1-12-4-5-13(2)15(10-12)16(17-3)11-19-14-6-8-18-9-7-14/h4-10,16-17H,11H2,1-3H3. The summed E-state index contributed by atoms with van der Waals surface area (Å²) >= 11 is 1.86. The van der Waals surface area contributed by atoms with E-state index in [9.17, 15) is 0 Å². The fourth-order valence-electron chi connectivity index (χ4n) is 2.08. The van der Waals surface area contributed by atoms with Crippen molar-refractivity contribution >= 4 is 11.8 Å². The van der Waals surface area contributed by atoms with Crippen LogP contribution in [-0.4, -0.2) is 17.8 Å². The monoisotopic (exact) mass is 272 g/mol. The van der Waals surface area contributed by atoms with Crippen molar-refractivity contribution in [1.82, 2.24) is 10.3 Å². The quantitative estimate of drug-likeness (QED) is 0.839. The van der Waals surface area contributed by atoms with E-state index in [0.29, 0.717) is 6.04 Å². The topological polar surface area (TPSA) is 24.9 Å². The molecule has 1 aromatic heterocycles. The minimum absolute atomic E-state index is 0.373. The van der Waals surface area contributed by atoms with Crippen LogP contribution in [0, 0.1) is 13.8 Å². The smallest absolute Gasteiger partial charge is 0.0415 e. The van der Waals surface area contributed by atoms with E-state index in [1.807, 2.05) is 31.2 Å². The second-order valence-electron chi connectivity index (χ2n) is 4.70. The molecule has 2 nitrogen and oxygen atoms in total. The van der Waals surface area contributed by atoms with Gasteiger partial charge in [-0.05, 0) is 44.2 Å². The Hall–Kier alpha value is -1.32. The zero-order valence-corrected chi connectivity index (χ0v) is 12.5. The number of thioether (sulfide) groups is 1. The molecule has 0 bridgehead atoms. The zero-order chi connectivity index (χ0) is 13.7. The van der Waals surface area contributed by atoms with Crippen LogP contribution in [0.3, 0.4) is 0 Å². The second-order valence-corrected chi connectivity index (χ2v) is 5.79. The van der Waals surface area contributed by atoms with E-state index < -0.39 is 0 Å². The first-order valence-corrected chi connectivity index (χ1v) is 7.46. The molecule has 100 valence electrons. The molecule has 0 amide bonds. The summed E-state index contributed by atoms with van der Waals surface area (Å²) in [6, 6.07) is 11.1. The third-order valence-electron chi connectivity index (χ3n) is 3.23. The highest BCUT2D eigenvalue weighted by atomic mass is 32.2. The largest absolute Gasteiger partial charge is 0.312 e. The number of nitrogens with zero attached hydrogens (tertiary/aromatic N) is 1. The van der Waals surface area contributed by atoms with Gasteiger partial charge in [0.1, 0.15) is 0 Å². The molecule has 1 N–H and O–H groups in total. The van der Waals surface area contributed by atoms with Crippen LogP contribution in [0.25, 0.3) is 0 Å². The minimum Gasteiger partial charge on any atom is -0.312 e. The molecule has 0 aliphatic rings. The van der Waals surface area contributed by atoms with Crippen molar-refractivity contribution in [3.8, 4) is 0 Å². The lowest BCUT2D eigenvalue weighted by Crippen LogP contribution is -2.19. The molecule has 3 heteroatoms. The van der Waals surface area contributed by atoms with Gasteiger partial charge < -0.3 is 5.32 Å². The number of nitrogens with one attached hydrogen (secondary N) is 1. The maximum Gasteiger partial charge on any atom is 0.0415 e. The highest BCUT2D eigenvalue weighted by molar-refractivity contribution is 7.99. The fourth-order valence-corrected chi connectivity index (χ4v) is 3.10. The third-order valence-corrected chi connectivity index (χ3v) is 4.33. The van der Waals surface area contributed by atoms with Crippen LogP contribution >= 0.6 is 11.8 Å². The fraction of sp³-hybridized carbons (Fsp3) is 0.312. The van der Waals surface area contributed by atoms with Crippen molar-refractivity contribution in [2.75, 3.05) is 12.8 Å².